The lowest BCUT2D eigenvalue weighted by Gasteiger charge is -2.27. The lowest BCUT2D eigenvalue weighted by Crippen LogP contribution is -2.44. The van der Waals surface area contributed by atoms with E-state index in [9.17, 15) is 24.4 Å². The molecule has 1 aliphatic heterocycles. The zero-order chi connectivity index (χ0) is 29.1. The largest absolute Gasteiger partial charge is 0.465 e. The molecule has 5 N–H and O–H groups in total. The third-order valence-electron chi connectivity index (χ3n) is 6.35. The molecule has 4 atom stereocenters. The smallest absolute Gasteiger partial charge is 0.341 e. The summed E-state index contributed by atoms with van der Waals surface area (Å²) < 4.78 is 36.1. The number of nitrogens with zero attached hydrogens (tertiary/aromatic N) is 4. The molecule has 0 bridgehead atoms. The van der Waals surface area contributed by atoms with E-state index in [0.29, 0.717) is 28.8 Å². The van der Waals surface area contributed by atoms with E-state index in [2.05, 4.69) is 30.4 Å². The Bertz CT molecular complexity index is 1240. The second-order valence-electron chi connectivity index (χ2n) is 9.69. The van der Waals surface area contributed by atoms with Gasteiger partial charge in [-0.3, -0.25) is 18.7 Å². The van der Waals surface area contributed by atoms with E-state index in [-0.39, 0.29) is 13.2 Å². The summed E-state index contributed by atoms with van der Waals surface area (Å²) in [6.07, 6.45) is -0.265. The van der Waals surface area contributed by atoms with Crippen molar-refractivity contribution < 1.29 is 43.1 Å². The first kappa shape index (κ1) is 30.2. The molecule has 0 aromatic carbocycles. The molecule has 2 aromatic rings. The lowest BCUT2D eigenvalue weighted by molar-refractivity contribution is -0.142. The maximum atomic E-state index is 13.4. The van der Waals surface area contributed by atoms with Crippen LogP contribution in [-0.4, -0.2) is 98.4 Å². The van der Waals surface area contributed by atoms with Crippen LogP contribution >= 0.6 is 7.67 Å². The Morgan fingerprint density at radius 1 is 1.18 bits per heavy atom. The van der Waals surface area contributed by atoms with Crippen LogP contribution in [0.3, 0.4) is 0 Å². The number of aromatic nitrogens is 4. The molecule has 2 aliphatic rings. The van der Waals surface area contributed by atoms with Crippen LogP contribution in [0.25, 0.3) is 11.2 Å². The predicted molar refractivity (Wildman–Crippen MR) is 140 cm³/mol. The van der Waals surface area contributed by atoms with Gasteiger partial charge >= 0.3 is 19.6 Å². The number of aryl methyl sites for hydroxylation is 1. The van der Waals surface area contributed by atoms with Crippen molar-refractivity contribution >= 4 is 36.6 Å². The average molecular weight is 586 g/mol. The third-order valence-corrected chi connectivity index (χ3v) is 8.01. The fourth-order valence-corrected chi connectivity index (χ4v) is 5.51. The zero-order valence-electron chi connectivity index (χ0n) is 22.8. The van der Waals surface area contributed by atoms with Gasteiger partial charge in [-0.25, -0.2) is 25.1 Å². The number of hydrogen-bond donors (Lipinski definition) is 5. The third kappa shape index (κ3) is 6.94. The molecular weight excluding hydrogens is 549 g/mol. The van der Waals surface area contributed by atoms with Gasteiger partial charge in [0.25, 0.3) is 0 Å². The maximum Gasteiger partial charge on any atom is 0.341 e. The molecule has 2 aromatic heterocycles. The summed E-state index contributed by atoms with van der Waals surface area (Å²) in [7, 11) is -4.06. The minimum absolute atomic E-state index is 0.117. The Morgan fingerprint density at radius 2 is 1.80 bits per heavy atom. The molecule has 16 nitrogen and oxygen atoms in total. The van der Waals surface area contributed by atoms with Crippen molar-refractivity contribution in [3.63, 3.8) is 0 Å². The van der Waals surface area contributed by atoms with Gasteiger partial charge in [0, 0.05) is 6.04 Å². The van der Waals surface area contributed by atoms with Crippen molar-refractivity contribution in [2.24, 2.45) is 0 Å². The van der Waals surface area contributed by atoms with Crippen LogP contribution < -0.4 is 15.5 Å². The molecule has 1 saturated heterocycles. The molecule has 0 amide bonds. The Kier molecular flexibility index (Phi) is 9.40. The van der Waals surface area contributed by atoms with Crippen LogP contribution in [0.4, 0.5) is 5.82 Å². The Morgan fingerprint density at radius 3 is 2.38 bits per heavy atom. The van der Waals surface area contributed by atoms with Crippen LogP contribution in [0.2, 0.25) is 0 Å². The SMILES string of the molecule is CCOC(=O)CNP(=O)(NCC(=O)OCC)OC[C@H]1O[C@@H](n2cnc3c(NC4CC4)nc(C)nc32)[C@@](C)(O)C1O. The number of fused-ring (bicyclic) bond motifs is 1. The van der Waals surface area contributed by atoms with Crippen LogP contribution in [-0.2, 0) is 32.9 Å². The Labute approximate surface area is 230 Å². The quantitative estimate of drug-likeness (QED) is 0.148. The molecule has 222 valence electrons. The summed E-state index contributed by atoms with van der Waals surface area (Å²) in [6.45, 7) is 5.16. The molecule has 0 spiro atoms. The van der Waals surface area contributed by atoms with E-state index in [4.69, 9.17) is 18.7 Å². The summed E-state index contributed by atoms with van der Waals surface area (Å²) in [6, 6.07) is 0.322. The predicted octanol–water partition coefficient (Wildman–Crippen LogP) is 0.148. The minimum Gasteiger partial charge on any atom is -0.465 e. The Hall–Kier alpha value is -2.72. The number of aliphatic hydroxyl groups is 2. The number of carbonyl (C=O) groups is 2. The lowest BCUT2D eigenvalue weighted by atomic mass is 9.96. The summed E-state index contributed by atoms with van der Waals surface area (Å²) in [4.78, 5) is 37.0. The number of anilines is 1. The molecular formula is C23H36N7O9P. The number of nitrogens with one attached hydrogen (secondary N) is 3. The first-order valence-corrected chi connectivity index (χ1v) is 14.7. The molecule has 0 radical (unpaired) electrons. The normalized spacial score (nSPS) is 24.8. The van der Waals surface area contributed by atoms with E-state index in [0.717, 1.165) is 12.8 Å². The number of imidazole rings is 1. The van der Waals surface area contributed by atoms with E-state index >= 15 is 0 Å². The van der Waals surface area contributed by atoms with Crippen molar-refractivity contribution in [1.29, 1.82) is 0 Å². The summed E-state index contributed by atoms with van der Waals surface area (Å²) in [5.74, 6) is -0.326. The number of carbonyl (C=O) groups excluding carboxylic acids is 2. The van der Waals surface area contributed by atoms with E-state index in [1.54, 1.807) is 20.8 Å². The first-order chi connectivity index (χ1) is 19.0. The minimum atomic E-state index is -4.06. The zero-order valence-corrected chi connectivity index (χ0v) is 23.7. The maximum absolute atomic E-state index is 13.4. The summed E-state index contributed by atoms with van der Waals surface area (Å²) in [5.41, 5.74) is -0.944. The summed E-state index contributed by atoms with van der Waals surface area (Å²) in [5, 5.41) is 30.4. The highest BCUT2D eigenvalue weighted by Gasteiger charge is 2.54. The van der Waals surface area contributed by atoms with Crippen LogP contribution in [0.5, 0.6) is 0 Å². The highest BCUT2D eigenvalue weighted by Crippen LogP contribution is 2.43. The van der Waals surface area contributed by atoms with Gasteiger partial charge in [0.15, 0.2) is 23.2 Å². The number of rotatable bonds is 14. The molecule has 17 heteroatoms. The number of hydrogen-bond acceptors (Lipinski definition) is 13. The van der Waals surface area contributed by atoms with E-state index in [1.807, 2.05) is 0 Å². The van der Waals surface area contributed by atoms with Crippen LogP contribution in [0.1, 0.15) is 45.7 Å². The van der Waals surface area contributed by atoms with Gasteiger partial charge in [-0.15, -0.1) is 0 Å². The van der Waals surface area contributed by atoms with Crippen molar-refractivity contribution in [3.8, 4) is 0 Å². The first-order valence-electron chi connectivity index (χ1n) is 13.1. The standard InChI is InChI=1S/C23H36N7O9P/c1-5-36-16(31)9-25-40(35,26-10-17(32)37-6-2)38-11-15-19(33)23(4,34)22(39-15)30-12-24-18-20(29-14-7-8-14)27-13(3)28-21(18)30/h12,14-15,19,22,33-34H,5-11H2,1-4H3,(H2,25,26,35)(H,27,28,29)/t15-,19?,22-,23+/m1/s1. The average Bonchev–Trinajstić information content (AvgIpc) is 3.57. The fourth-order valence-electron chi connectivity index (χ4n) is 4.18. The number of esters is 2. The molecule has 1 aliphatic carbocycles. The van der Waals surface area contributed by atoms with Gasteiger partial charge in [0.2, 0.25) is 0 Å². The highest BCUT2D eigenvalue weighted by atomic mass is 31.2. The number of ether oxygens (including phenoxy) is 3. The molecule has 40 heavy (non-hydrogen) atoms. The van der Waals surface area contributed by atoms with E-state index in [1.165, 1.54) is 17.8 Å². The molecule has 4 rings (SSSR count). The second-order valence-corrected chi connectivity index (χ2v) is 11.7. The van der Waals surface area contributed by atoms with Crippen molar-refractivity contribution in [3.05, 3.63) is 12.2 Å². The van der Waals surface area contributed by atoms with Crippen LogP contribution in [0, 0.1) is 6.92 Å². The van der Waals surface area contributed by atoms with Gasteiger partial charge in [0.1, 0.15) is 36.7 Å². The van der Waals surface area contributed by atoms with E-state index < -0.39 is 63.3 Å². The molecule has 1 saturated carbocycles. The van der Waals surface area contributed by atoms with Gasteiger partial charge < -0.3 is 34.3 Å². The van der Waals surface area contributed by atoms with Gasteiger partial charge in [-0.1, -0.05) is 0 Å². The monoisotopic (exact) mass is 585 g/mol. The topological polar surface area (TPSA) is 208 Å². The molecule has 1 unspecified atom stereocenters. The highest BCUT2D eigenvalue weighted by molar-refractivity contribution is 7.54. The van der Waals surface area contributed by atoms with Crippen molar-refractivity contribution in [2.45, 2.75) is 70.6 Å². The van der Waals surface area contributed by atoms with Gasteiger partial charge in [-0.05, 0) is 40.5 Å². The van der Waals surface area contributed by atoms with Crippen LogP contribution in [0.15, 0.2) is 6.33 Å². The van der Waals surface area contributed by atoms with Crippen molar-refractivity contribution in [1.82, 2.24) is 29.7 Å². The summed E-state index contributed by atoms with van der Waals surface area (Å²) >= 11 is 0. The van der Waals surface area contributed by atoms with Gasteiger partial charge in [-0.2, -0.15) is 0 Å². The fraction of sp³-hybridized carbons (Fsp3) is 0.696. The van der Waals surface area contributed by atoms with Gasteiger partial charge in [0.05, 0.1) is 26.1 Å². The molecule has 3 heterocycles. The molecule has 2 fully saturated rings. The Balaban J connectivity index is 1.50. The number of aliphatic hydroxyl groups excluding tert-OH is 1. The second kappa shape index (κ2) is 12.4. The van der Waals surface area contributed by atoms with Crippen molar-refractivity contribution in [2.75, 3.05) is 38.2 Å².